The predicted octanol–water partition coefficient (Wildman–Crippen LogP) is 15.3. The maximum atomic E-state index is 6.45. The fraction of sp³-hybridized carbons (Fsp3) is 0.0896. The molecule has 0 saturated heterocycles. The minimum absolute atomic E-state index is 0. The Kier molecular flexibility index (Phi) is 13.6. The van der Waals surface area contributed by atoms with Crippen LogP contribution in [0.15, 0.2) is 236 Å². The van der Waals surface area contributed by atoms with Crippen LogP contribution >= 0.6 is 0 Å². The van der Waals surface area contributed by atoms with Gasteiger partial charge in [-0.1, -0.05) is 169 Å². The smallest absolute Gasteiger partial charge is 0.486 e. The van der Waals surface area contributed by atoms with Crippen LogP contribution in [0.4, 0.5) is 0 Å². The fourth-order valence-electron chi connectivity index (χ4n) is 10.1. The summed E-state index contributed by atoms with van der Waals surface area (Å²) in [7, 11) is 0. The minimum Gasteiger partial charge on any atom is -0.486 e. The van der Waals surface area contributed by atoms with Gasteiger partial charge in [0.15, 0.2) is 0 Å². The average molecular weight is 1100 g/mol. The van der Waals surface area contributed by atoms with Crippen LogP contribution in [-0.2, 0) is 45.8 Å². The monoisotopic (exact) mass is 1100 g/mol. The number of aromatic nitrogens is 2. The summed E-state index contributed by atoms with van der Waals surface area (Å²) in [5.74, 6) is 0.896. The SMILES string of the molecule is [Ir+3].[c-]1cc(-c2ccccc2-c2cc(CCc3c[c-]c(-c4ccccn4)cc3)cc(CCc3c[c-]c(-c4ccccn4)cc3)c2)c(-c2ccc(-c3ccccc3)cc2)cc1C1=NC=CC2Oc3ccccc3C12. The first-order chi connectivity index (χ1) is 35.2. The van der Waals surface area contributed by atoms with E-state index < -0.39 is 0 Å². The molecule has 12 rings (SSSR count). The molecule has 4 nitrogen and oxygen atoms in total. The van der Waals surface area contributed by atoms with Gasteiger partial charge in [-0.05, 0) is 98.7 Å². The van der Waals surface area contributed by atoms with E-state index in [2.05, 4.69) is 198 Å². The van der Waals surface area contributed by atoms with Gasteiger partial charge >= 0.3 is 20.1 Å². The number of aryl methyl sites for hydroxylation is 4. The van der Waals surface area contributed by atoms with E-state index in [9.17, 15) is 0 Å². The summed E-state index contributed by atoms with van der Waals surface area (Å²) in [6.45, 7) is 0. The van der Waals surface area contributed by atoms with Gasteiger partial charge in [-0.15, -0.1) is 94.5 Å². The van der Waals surface area contributed by atoms with Crippen molar-refractivity contribution in [3.63, 3.8) is 0 Å². The molecule has 0 N–H and O–H groups in total. The third-order valence-electron chi connectivity index (χ3n) is 13.8. The number of benzene rings is 8. The Bertz CT molecular complexity index is 3430. The van der Waals surface area contributed by atoms with Crippen LogP contribution in [0, 0.1) is 18.2 Å². The zero-order chi connectivity index (χ0) is 47.3. The van der Waals surface area contributed by atoms with Gasteiger partial charge in [-0.3, -0.25) is 0 Å². The maximum absolute atomic E-state index is 6.45. The van der Waals surface area contributed by atoms with Gasteiger partial charge in [0.2, 0.25) is 0 Å². The normalized spacial score (nSPS) is 14.4. The molecule has 10 aromatic rings. The molecule has 2 unspecified atom stereocenters. The second-order valence-electron chi connectivity index (χ2n) is 18.3. The third kappa shape index (κ3) is 9.83. The van der Waals surface area contributed by atoms with Crippen LogP contribution in [0.2, 0.25) is 0 Å². The van der Waals surface area contributed by atoms with Crippen molar-refractivity contribution in [2.75, 3.05) is 0 Å². The average Bonchev–Trinajstić information content (AvgIpc) is 3.84. The van der Waals surface area contributed by atoms with Gasteiger partial charge in [-0.2, -0.15) is 0 Å². The summed E-state index contributed by atoms with van der Waals surface area (Å²) in [5, 5.41) is 0. The molecule has 2 aromatic heterocycles. The number of aliphatic imine (C=N–C) groups is 1. The van der Waals surface area contributed by atoms with Gasteiger partial charge < -0.3 is 19.7 Å². The number of nitrogens with zero attached hydrogens (tertiary/aromatic N) is 3. The third-order valence-corrected chi connectivity index (χ3v) is 13.8. The number of pyridine rings is 2. The summed E-state index contributed by atoms with van der Waals surface area (Å²) in [5.41, 5.74) is 21.3. The quantitative estimate of drug-likeness (QED) is 0.108. The molecule has 8 aromatic carbocycles. The zero-order valence-corrected chi connectivity index (χ0v) is 41.9. The molecule has 4 heterocycles. The van der Waals surface area contributed by atoms with Crippen LogP contribution in [0.1, 0.15) is 39.3 Å². The summed E-state index contributed by atoms with van der Waals surface area (Å²) in [4.78, 5) is 14.1. The topological polar surface area (TPSA) is 47.4 Å². The molecule has 0 spiro atoms. The first kappa shape index (κ1) is 46.3. The number of hydrogen-bond donors (Lipinski definition) is 0. The van der Waals surface area contributed by atoms with Crippen LogP contribution in [0.5, 0.6) is 5.75 Å². The summed E-state index contributed by atoms with van der Waals surface area (Å²) >= 11 is 0. The van der Waals surface area contributed by atoms with Crippen molar-refractivity contribution in [2.45, 2.75) is 37.7 Å². The Hall–Kier alpha value is -8.08. The van der Waals surface area contributed by atoms with Crippen LogP contribution in [0.25, 0.3) is 67.0 Å². The molecule has 0 saturated carbocycles. The van der Waals surface area contributed by atoms with Gasteiger partial charge in [0.25, 0.3) is 0 Å². The molecule has 346 valence electrons. The molecule has 0 radical (unpaired) electrons. The molecule has 0 bridgehead atoms. The summed E-state index contributed by atoms with van der Waals surface area (Å²) in [6.07, 6.45) is 11.1. The molecule has 2 aliphatic rings. The zero-order valence-electron chi connectivity index (χ0n) is 39.5. The van der Waals surface area contributed by atoms with Crippen molar-refractivity contribution < 1.29 is 24.8 Å². The predicted molar refractivity (Wildman–Crippen MR) is 288 cm³/mol. The molecular formula is C67H48IrN3O. The van der Waals surface area contributed by atoms with Crippen molar-refractivity contribution in [1.82, 2.24) is 9.97 Å². The van der Waals surface area contributed by atoms with Gasteiger partial charge in [0, 0.05) is 24.5 Å². The van der Waals surface area contributed by atoms with Crippen molar-refractivity contribution in [3.8, 4) is 72.8 Å². The van der Waals surface area contributed by atoms with Gasteiger partial charge in [0.05, 0.1) is 0 Å². The van der Waals surface area contributed by atoms with Gasteiger partial charge in [-0.25, -0.2) is 0 Å². The minimum atomic E-state index is -0.114. The number of ether oxygens (including phenoxy) is 1. The molecule has 5 heteroatoms. The fourth-order valence-corrected chi connectivity index (χ4v) is 10.1. The summed E-state index contributed by atoms with van der Waals surface area (Å²) < 4.78 is 6.45. The first-order valence-electron chi connectivity index (χ1n) is 24.5. The number of rotatable bonds is 13. The largest absolute Gasteiger partial charge is 3.00 e. The number of fused-ring (bicyclic) bond motifs is 3. The van der Waals surface area contributed by atoms with E-state index in [0.29, 0.717) is 0 Å². The number of hydrogen-bond acceptors (Lipinski definition) is 4. The Morgan fingerprint density at radius 1 is 0.417 bits per heavy atom. The van der Waals surface area contributed by atoms with E-state index in [1.165, 1.54) is 44.5 Å². The molecule has 2 aliphatic heterocycles. The van der Waals surface area contributed by atoms with Gasteiger partial charge in [0.1, 0.15) is 11.9 Å². The molecule has 2 atom stereocenters. The molecule has 0 aliphatic carbocycles. The molecular weight excluding hydrogens is 1050 g/mol. The van der Waals surface area contributed by atoms with E-state index in [-0.39, 0.29) is 32.1 Å². The van der Waals surface area contributed by atoms with E-state index in [1.54, 1.807) is 0 Å². The van der Waals surface area contributed by atoms with E-state index in [1.807, 2.05) is 61.1 Å². The molecule has 72 heavy (non-hydrogen) atoms. The second kappa shape index (κ2) is 21.1. The Morgan fingerprint density at radius 3 is 1.62 bits per heavy atom. The van der Waals surface area contributed by atoms with E-state index in [0.717, 1.165) is 93.0 Å². The Balaban J connectivity index is 0.00000560. The van der Waals surface area contributed by atoms with Crippen molar-refractivity contribution in [2.24, 2.45) is 4.99 Å². The Morgan fingerprint density at radius 2 is 0.986 bits per heavy atom. The van der Waals surface area contributed by atoms with Crippen LogP contribution in [0.3, 0.4) is 0 Å². The maximum Gasteiger partial charge on any atom is 3.00 e. The van der Waals surface area contributed by atoms with Crippen molar-refractivity contribution in [1.29, 1.82) is 0 Å². The molecule has 0 amide bonds. The van der Waals surface area contributed by atoms with E-state index >= 15 is 0 Å². The van der Waals surface area contributed by atoms with Crippen molar-refractivity contribution >= 4 is 5.71 Å². The van der Waals surface area contributed by atoms with Crippen LogP contribution < -0.4 is 4.74 Å². The molecule has 0 fully saturated rings. The van der Waals surface area contributed by atoms with Crippen molar-refractivity contribution in [3.05, 3.63) is 283 Å². The number of para-hydroxylation sites is 1. The van der Waals surface area contributed by atoms with Crippen LogP contribution in [-0.4, -0.2) is 21.8 Å². The van der Waals surface area contributed by atoms with E-state index in [4.69, 9.17) is 9.73 Å². The first-order valence-corrected chi connectivity index (χ1v) is 24.5. The standard InChI is InChI=1S/C67H48N3O.Ir/c1-2-12-50(13-3-1)51-32-34-52(35-33-51)61-45-55(67-66-60-16-6-7-19-64(60)71-65(66)38-41-70-67)36-37-59(61)58-15-5-4-14-57(58)56-43-48(22-20-46-24-28-53(29-25-46)62-17-8-10-39-68-62)42-49(44-56)23-21-47-26-30-54(31-27-47)63-18-9-11-40-69-63;/h1-19,24-28,30,32-35,37-45,65-66H,20-23H2;/q-3;+3. The second-order valence-corrected chi connectivity index (χ2v) is 18.3. The Labute approximate surface area is 435 Å². The summed E-state index contributed by atoms with van der Waals surface area (Å²) in [6, 6.07) is 84.2.